The van der Waals surface area contributed by atoms with E-state index in [9.17, 15) is 17.2 Å². The molecule has 2 rings (SSSR count). The number of halogens is 2. The van der Waals surface area contributed by atoms with Crippen molar-refractivity contribution in [2.45, 2.75) is 11.3 Å². The second-order valence-corrected chi connectivity index (χ2v) is 5.62. The number of hydrogen-bond acceptors (Lipinski definition) is 5. The van der Waals surface area contributed by atoms with Gasteiger partial charge < -0.3 is 5.73 Å². The molecule has 0 aliphatic rings. The molecule has 10 heteroatoms. The molecular formula is C10H11F2N5O2S. The van der Waals surface area contributed by atoms with E-state index in [4.69, 9.17) is 5.73 Å². The molecular weight excluding hydrogens is 292 g/mol. The van der Waals surface area contributed by atoms with E-state index < -0.39 is 32.2 Å². The minimum absolute atomic E-state index is 0.0196. The standard InChI is InChI=1S/C10H11F2N5O2S/c11-6-3-7(12)9(4-8(6)13)20(18,19)16-2-1-10-14-5-15-17-10/h3-5,16H,1-2,13H2,(H,14,15,17). The number of aromatic nitrogens is 3. The van der Waals surface area contributed by atoms with E-state index in [1.165, 1.54) is 6.33 Å². The summed E-state index contributed by atoms with van der Waals surface area (Å²) < 4.78 is 52.4. The van der Waals surface area contributed by atoms with E-state index in [2.05, 4.69) is 19.9 Å². The van der Waals surface area contributed by atoms with E-state index in [-0.39, 0.29) is 13.0 Å². The third-order valence-electron chi connectivity index (χ3n) is 2.46. The molecule has 0 unspecified atom stereocenters. The molecule has 0 fully saturated rings. The second-order valence-electron chi connectivity index (χ2n) is 3.88. The summed E-state index contributed by atoms with van der Waals surface area (Å²) in [6.07, 6.45) is 1.53. The molecule has 0 spiro atoms. The van der Waals surface area contributed by atoms with Crippen LogP contribution in [0.4, 0.5) is 14.5 Å². The molecule has 108 valence electrons. The van der Waals surface area contributed by atoms with Crippen molar-refractivity contribution in [3.8, 4) is 0 Å². The number of benzene rings is 1. The van der Waals surface area contributed by atoms with Gasteiger partial charge in [-0.3, -0.25) is 5.10 Å². The van der Waals surface area contributed by atoms with Crippen LogP contribution in [0.15, 0.2) is 23.4 Å². The maximum Gasteiger partial charge on any atom is 0.243 e. The average molecular weight is 303 g/mol. The van der Waals surface area contributed by atoms with Crippen molar-refractivity contribution in [1.29, 1.82) is 0 Å². The molecule has 0 aliphatic heterocycles. The summed E-state index contributed by atoms with van der Waals surface area (Å²) in [7, 11) is -4.12. The highest BCUT2D eigenvalue weighted by Gasteiger charge is 2.20. The van der Waals surface area contributed by atoms with Crippen molar-refractivity contribution in [3.05, 3.63) is 35.9 Å². The molecule has 1 aromatic heterocycles. The van der Waals surface area contributed by atoms with Crippen LogP contribution in [0.25, 0.3) is 0 Å². The summed E-state index contributed by atoms with van der Waals surface area (Å²) in [6.45, 7) is -0.0196. The number of sulfonamides is 1. The summed E-state index contributed by atoms with van der Waals surface area (Å²) in [5, 5.41) is 6.15. The molecule has 20 heavy (non-hydrogen) atoms. The quantitative estimate of drug-likeness (QED) is 0.682. The molecule has 2 aromatic rings. The zero-order valence-electron chi connectivity index (χ0n) is 10.1. The molecule has 7 nitrogen and oxygen atoms in total. The van der Waals surface area contributed by atoms with Crippen molar-refractivity contribution in [2.75, 3.05) is 12.3 Å². The lowest BCUT2D eigenvalue weighted by atomic mass is 10.3. The number of nitrogens with one attached hydrogen (secondary N) is 2. The number of anilines is 1. The Bertz CT molecular complexity index is 703. The van der Waals surface area contributed by atoms with E-state index in [1.807, 2.05) is 0 Å². The van der Waals surface area contributed by atoms with Crippen LogP contribution in [0.2, 0.25) is 0 Å². The van der Waals surface area contributed by atoms with Crippen LogP contribution in [0.5, 0.6) is 0 Å². The van der Waals surface area contributed by atoms with Gasteiger partial charge in [0.05, 0.1) is 5.69 Å². The zero-order valence-corrected chi connectivity index (χ0v) is 10.9. The van der Waals surface area contributed by atoms with Gasteiger partial charge in [-0.2, -0.15) is 5.10 Å². The Labute approximate surface area is 113 Å². The Kier molecular flexibility index (Phi) is 3.95. The van der Waals surface area contributed by atoms with Crippen LogP contribution in [0.1, 0.15) is 5.82 Å². The van der Waals surface area contributed by atoms with Crippen molar-refractivity contribution in [3.63, 3.8) is 0 Å². The average Bonchev–Trinajstić information content (AvgIpc) is 2.86. The number of H-pyrrole nitrogens is 1. The van der Waals surface area contributed by atoms with Gasteiger partial charge >= 0.3 is 0 Å². The van der Waals surface area contributed by atoms with Gasteiger partial charge in [0.15, 0.2) is 0 Å². The van der Waals surface area contributed by atoms with Gasteiger partial charge in [-0.15, -0.1) is 0 Å². The van der Waals surface area contributed by atoms with Crippen LogP contribution in [0, 0.1) is 11.6 Å². The summed E-state index contributed by atoms with van der Waals surface area (Å²) >= 11 is 0. The summed E-state index contributed by atoms with van der Waals surface area (Å²) in [6, 6.07) is 1.17. The highest BCUT2D eigenvalue weighted by molar-refractivity contribution is 7.89. The number of rotatable bonds is 5. The van der Waals surface area contributed by atoms with Crippen LogP contribution in [-0.2, 0) is 16.4 Å². The normalized spacial score (nSPS) is 11.7. The van der Waals surface area contributed by atoms with Crippen molar-refractivity contribution < 1.29 is 17.2 Å². The van der Waals surface area contributed by atoms with Gasteiger partial charge in [0.25, 0.3) is 0 Å². The van der Waals surface area contributed by atoms with Gasteiger partial charge in [-0.05, 0) is 6.07 Å². The summed E-state index contributed by atoms with van der Waals surface area (Å²) in [5.74, 6) is -1.74. The Morgan fingerprint density at radius 1 is 1.30 bits per heavy atom. The number of nitrogens with zero attached hydrogens (tertiary/aromatic N) is 2. The first-order valence-electron chi connectivity index (χ1n) is 5.48. The van der Waals surface area contributed by atoms with Gasteiger partial charge in [0.1, 0.15) is 28.7 Å². The SMILES string of the molecule is Nc1cc(S(=O)(=O)NCCc2ncn[nH]2)c(F)cc1F. The fourth-order valence-corrected chi connectivity index (χ4v) is 2.61. The molecule has 0 saturated heterocycles. The second kappa shape index (κ2) is 5.51. The molecule has 0 amide bonds. The number of hydrogen-bond donors (Lipinski definition) is 3. The minimum atomic E-state index is -4.12. The number of nitrogens with two attached hydrogens (primary N) is 1. The predicted molar refractivity (Wildman–Crippen MR) is 66.0 cm³/mol. The van der Waals surface area contributed by atoms with E-state index in [1.54, 1.807) is 0 Å². The lowest BCUT2D eigenvalue weighted by molar-refractivity contribution is 0.544. The molecule has 0 atom stereocenters. The Balaban J connectivity index is 2.12. The van der Waals surface area contributed by atoms with Crippen LogP contribution >= 0.6 is 0 Å². The van der Waals surface area contributed by atoms with Gasteiger partial charge in [0, 0.05) is 19.0 Å². The zero-order chi connectivity index (χ0) is 14.8. The Hall–Kier alpha value is -2.07. The highest BCUT2D eigenvalue weighted by Crippen LogP contribution is 2.20. The van der Waals surface area contributed by atoms with Gasteiger partial charge in [0.2, 0.25) is 10.0 Å². The number of nitrogen functional groups attached to an aromatic ring is 1. The first kappa shape index (κ1) is 14.3. The molecule has 0 aliphatic carbocycles. The van der Waals surface area contributed by atoms with Crippen LogP contribution < -0.4 is 10.5 Å². The maximum atomic E-state index is 13.5. The number of aromatic amines is 1. The first-order chi connectivity index (χ1) is 9.40. The molecule has 4 N–H and O–H groups in total. The lowest BCUT2D eigenvalue weighted by Gasteiger charge is -2.08. The third-order valence-corrected chi connectivity index (χ3v) is 3.94. The largest absolute Gasteiger partial charge is 0.396 e. The topological polar surface area (TPSA) is 114 Å². The predicted octanol–water partition coefficient (Wildman–Crippen LogP) is 0.186. The first-order valence-corrected chi connectivity index (χ1v) is 6.97. The van der Waals surface area contributed by atoms with Crippen molar-refractivity contribution in [2.24, 2.45) is 0 Å². The minimum Gasteiger partial charge on any atom is -0.396 e. The maximum absolute atomic E-state index is 13.5. The molecule has 0 saturated carbocycles. The molecule has 0 radical (unpaired) electrons. The van der Waals surface area contributed by atoms with Gasteiger partial charge in [-0.25, -0.2) is 26.9 Å². The monoisotopic (exact) mass is 303 g/mol. The van der Waals surface area contributed by atoms with Crippen molar-refractivity contribution in [1.82, 2.24) is 19.9 Å². The Morgan fingerprint density at radius 3 is 2.70 bits per heavy atom. The van der Waals surface area contributed by atoms with E-state index in [0.29, 0.717) is 11.9 Å². The molecule has 1 heterocycles. The third kappa shape index (κ3) is 3.08. The van der Waals surface area contributed by atoms with Gasteiger partial charge in [-0.1, -0.05) is 0 Å². The van der Waals surface area contributed by atoms with Crippen molar-refractivity contribution >= 4 is 15.7 Å². The fourth-order valence-electron chi connectivity index (χ4n) is 1.48. The smallest absolute Gasteiger partial charge is 0.243 e. The molecule has 1 aromatic carbocycles. The van der Waals surface area contributed by atoms with E-state index in [0.717, 1.165) is 6.07 Å². The summed E-state index contributed by atoms with van der Waals surface area (Å²) in [4.78, 5) is 3.11. The fraction of sp³-hybridized carbons (Fsp3) is 0.200. The highest BCUT2D eigenvalue weighted by atomic mass is 32.2. The Morgan fingerprint density at radius 2 is 2.05 bits per heavy atom. The molecule has 0 bridgehead atoms. The van der Waals surface area contributed by atoms with Crippen LogP contribution in [0.3, 0.4) is 0 Å². The lowest BCUT2D eigenvalue weighted by Crippen LogP contribution is -2.27. The van der Waals surface area contributed by atoms with E-state index >= 15 is 0 Å². The van der Waals surface area contributed by atoms with Crippen LogP contribution in [-0.4, -0.2) is 30.1 Å². The summed E-state index contributed by atoms with van der Waals surface area (Å²) in [5.41, 5.74) is 4.79.